The van der Waals surface area contributed by atoms with Crippen LogP contribution in [0.25, 0.3) is 0 Å². The van der Waals surface area contributed by atoms with Crippen LogP contribution in [0.4, 0.5) is 4.79 Å². The molecule has 0 N–H and O–H groups in total. The second-order valence-electron chi connectivity index (χ2n) is 7.30. The predicted octanol–water partition coefficient (Wildman–Crippen LogP) is 3.07. The van der Waals surface area contributed by atoms with Gasteiger partial charge in [0.1, 0.15) is 11.7 Å². The van der Waals surface area contributed by atoms with Gasteiger partial charge in [-0.3, -0.25) is 4.90 Å². The van der Waals surface area contributed by atoms with Crippen molar-refractivity contribution in [2.75, 3.05) is 5.75 Å². The van der Waals surface area contributed by atoms with E-state index in [1.165, 1.54) is 23.6 Å². The number of hydrogen-bond donors (Lipinski definition) is 0. The topological polar surface area (TPSA) is 84.7 Å². The summed E-state index contributed by atoms with van der Waals surface area (Å²) >= 11 is 1.61. The normalized spacial score (nSPS) is 23.4. The summed E-state index contributed by atoms with van der Waals surface area (Å²) in [4.78, 5) is 20.5. The molecule has 0 radical (unpaired) electrons. The Bertz CT molecular complexity index is 1160. The molecule has 3 aromatic rings. The average Bonchev–Trinajstić information content (AvgIpc) is 3.51. The number of nitrogens with zero attached hydrogens (tertiary/aromatic N) is 4. The summed E-state index contributed by atoms with van der Waals surface area (Å²) in [6, 6.07) is 18.6. The van der Waals surface area contributed by atoms with Crippen molar-refractivity contribution < 1.29 is 17.4 Å². The molecule has 2 fully saturated rings. The van der Waals surface area contributed by atoms with Gasteiger partial charge in [-0.25, -0.2) is 17.9 Å². The van der Waals surface area contributed by atoms with Crippen LogP contribution in [-0.2, 0) is 21.0 Å². The van der Waals surface area contributed by atoms with E-state index in [4.69, 9.17) is 4.18 Å². The molecule has 3 atom stereocenters. The number of carbonyl (C=O) groups excluding carboxylic acids is 1. The highest BCUT2D eigenvalue weighted by Crippen LogP contribution is 2.47. The molecule has 0 aliphatic carbocycles. The minimum Gasteiger partial charge on any atom is -0.300 e. The molecule has 2 amide bonds. The zero-order chi connectivity index (χ0) is 21.4. The van der Waals surface area contributed by atoms with Crippen molar-refractivity contribution in [1.82, 2.24) is 18.8 Å². The van der Waals surface area contributed by atoms with Gasteiger partial charge in [0.15, 0.2) is 6.23 Å². The second-order valence-corrected chi connectivity index (χ2v) is 9.89. The summed E-state index contributed by atoms with van der Waals surface area (Å²) in [5.74, 6) is 0.570. The van der Waals surface area contributed by atoms with E-state index in [1.54, 1.807) is 16.7 Å². The fraction of sp³-hybridized carbons (Fsp3) is 0.238. The lowest BCUT2D eigenvalue weighted by Crippen LogP contribution is -2.41. The van der Waals surface area contributed by atoms with E-state index in [0.29, 0.717) is 5.75 Å². The van der Waals surface area contributed by atoms with Crippen molar-refractivity contribution in [3.8, 4) is 0 Å². The Morgan fingerprint density at radius 1 is 1.06 bits per heavy atom. The Morgan fingerprint density at radius 3 is 2.45 bits per heavy atom. The molecule has 5 rings (SSSR count). The van der Waals surface area contributed by atoms with Gasteiger partial charge in [-0.15, -0.1) is 11.8 Å². The van der Waals surface area contributed by atoms with Gasteiger partial charge >= 0.3 is 16.3 Å². The Hall–Kier alpha value is -2.82. The van der Waals surface area contributed by atoms with Gasteiger partial charge in [-0.1, -0.05) is 60.7 Å². The van der Waals surface area contributed by atoms with Crippen molar-refractivity contribution in [3.63, 3.8) is 0 Å². The number of aromatic nitrogens is 2. The summed E-state index contributed by atoms with van der Waals surface area (Å²) in [6.07, 6.45) is 2.90. The number of benzene rings is 2. The van der Waals surface area contributed by atoms with Gasteiger partial charge in [-0.2, -0.15) is 8.42 Å². The van der Waals surface area contributed by atoms with Crippen molar-refractivity contribution >= 4 is 28.1 Å². The van der Waals surface area contributed by atoms with Crippen LogP contribution in [0.1, 0.15) is 16.5 Å². The Balaban J connectivity index is 1.49. The maximum absolute atomic E-state index is 13.5. The smallest absolute Gasteiger partial charge is 0.300 e. The molecule has 2 unspecified atom stereocenters. The lowest BCUT2D eigenvalue weighted by Gasteiger charge is -2.25. The van der Waals surface area contributed by atoms with Crippen molar-refractivity contribution in [2.45, 2.75) is 24.2 Å². The quantitative estimate of drug-likeness (QED) is 0.567. The molecule has 2 saturated heterocycles. The lowest BCUT2D eigenvalue weighted by atomic mass is 10.2. The van der Waals surface area contributed by atoms with E-state index in [0.717, 1.165) is 15.1 Å². The van der Waals surface area contributed by atoms with Crippen LogP contribution < -0.4 is 0 Å². The van der Waals surface area contributed by atoms with E-state index in [2.05, 4.69) is 4.98 Å². The third-order valence-electron chi connectivity index (χ3n) is 5.38. The molecular weight excluding hydrogens is 436 g/mol. The minimum absolute atomic E-state index is 0.193. The van der Waals surface area contributed by atoms with Crippen LogP contribution in [0.3, 0.4) is 0 Å². The number of fused-ring (bicyclic) bond motifs is 1. The fourth-order valence-corrected chi connectivity index (χ4v) is 6.35. The molecule has 10 heteroatoms. The number of hydrogen-bond acceptors (Lipinski definition) is 6. The molecule has 1 aromatic heterocycles. The number of thioether (sulfide) groups is 1. The monoisotopic (exact) mass is 456 g/mol. The number of imidazole rings is 1. The molecule has 0 spiro atoms. The summed E-state index contributed by atoms with van der Waals surface area (Å²) in [7, 11) is -4.15. The van der Waals surface area contributed by atoms with Crippen LogP contribution in [0, 0.1) is 0 Å². The summed E-state index contributed by atoms with van der Waals surface area (Å²) < 4.78 is 32.2. The first-order valence-electron chi connectivity index (χ1n) is 9.76. The zero-order valence-electron chi connectivity index (χ0n) is 16.4. The molecule has 2 aromatic carbocycles. The van der Waals surface area contributed by atoms with E-state index in [1.807, 2.05) is 60.7 Å². The zero-order valence-corrected chi connectivity index (χ0v) is 18.0. The molecule has 2 aliphatic rings. The second kappa shape index (κ2) is 8.03. The van der Waals surface area contributed by atoms with Crippen molar-refractivity contribution in [2.24, 2.45) is 0 Å². The van der Waals surface area contributed by atoms with E-state index < -0.39 is 22.6 Å². The summed E-state index contributed by atoms with van der Waals surface area (Å²) in [5.41, 5.74) is 1.90. The first kappa shape index (κ1) is 20.1. The predicted molar refractivity (Wildman–Crippen MR) is 116 cm³/mol. The largest absolute Gasteiger partial charge is 0.369 e. The Morgan fingerprint density at radius 2 is 1.77 bits per heavy atom. The van der Waals surface area contributed by atoms with E-state index in [9.17, 15) is 13.2 Å². The van der Waals surface area contributed by atoms with Gasteiger partial charge in [-0.05, 0) is 11.1 Å². The summed E-state index contributed by atoms with van der Waals surface area (Å²) in [5, 5.41) is -0.193. The molecule has 0 saturated carbocycles. The lowest BCUT2D eigenvalue weighted by molar-refractivity contribution is 0.0635. The number of rotatable bonds is 6. The van der Waals surface area contributed by atoms with Crippen LogP contribution >= 0.6 is 11.8 Å². The van der Waals surface area contributed by atoms with Crippen LogP contribution in [0.15, 0.2) is 79.4 Å². The van der Waals surface area contributed by atoms with Crippen LogP contribution in [0.2, 0.25) is 0 Å². The first-order chi connectivity index (χ1) is 15.0. The molecule has 0 bridgehead atoms. The van der Waals surface area contributed by atoms with Crippen LogP contribution in [0.5, 0.6) is 0 Å². The first-order valence-corrected chi connectivity index (χ1v) is 12.2. The highest BCUT2D eigenvalue weighted by molar-refractivity contribution is 7.99. The van der Waals surface area contributed by atoms with Gasteiger partial charge < -0.3 is 4.90 Å². The Labute approximate surface area is 184 Å². The SMILES string of the molecule is O=C1N(Cc2ccccc2)C(OS(=O)(=O)n2ccnc2)[C@@H]2CSC(c3ccccc3)N12. The van der Waals surface area contributed by atoms with Gasteiger partial charge in [0.2, 0.25) is 0 Å². The molecule has 8 nitrogen and oxygen atoms in total. The maximum atomic E-state index is 13.5. The van der Waals surface area contributed by atoms with Gasteiger partial charge in [0.05, 0.1) is 12.6 Å². The molecular formula is C21H20N4O4S2. The number of carbonyl (C=O) groups is 1. The maximum Gasteiger partial charge on any atom is 0.369 e. The average molecular weight is 457 g/mol. The standard InChI is InChI=1S/C21H20N4O4S2/c26-21-24(13-16-7-3-1-4-8-16)19(29-31(27,28)23-12-11-22-15-23)18-14-30-20(25(18)21)17-9-5-2-6-10-17/h1-12,15,18-20H,13-14H2/t18-,19?,20?/m0/s1. The van der Waals surface area contributed by atoms with Crippen LogP contribution in [-0.4, -0.2) is 51.2 Å². The third kappa shape index (κ3) is 3.71. The number of amides is 2. The summed E-state index contributed by atoms with van der Waals surface area (Å²) in [6.45, 7) is 0.253. The van der Waals surface area contributed by atoms with Gasteiger partial charge in [0.25, 0.3) is 0 Å². The highest BCUT2D eigenvalue weighted by Gasteiger charge is 2.54. The third-order valence-corrected chi connectivity index (χ3v) is 7.90. The molecule has 3 heterocycles. The van der Waals surface area contributed by atoms with E-state index >= 15 is 0 Å². The van der Waals surface area contributed by atoms with Crippen molar-refractivity contribution in [1.29, 1.82) is 0 Å². The molecule has 2 aliphatic heterocycles. The van der Waals surface area contributed by atoms with Gasteiger partial charge in [0, 0.05) is 18.1 Å². The molecule has 31 heavy (non-hydrogen) atoms. The Kier molecular flexibility index (Phi) is 5.20. The highest BCUT2D eigenvalue weighted by atomic mass is 32.2. The fourth-order valence-electron chi connectivity index (χ4n) is 3.93. The minimum atomic E-state index is -4.15. The van der Waals surface area contributed by atoms with Crippen molar-refractivity contribution in [3.05, 3.63) is 90.5 Å². The molecule has 160 valence electrons. The van der Waals surface area contributed by atoms with E-state index in [-0.39, 0.29) is 17.9 Å². The number of urea groups is 1.